The highest BCUT2D eigenvalue weighted by atomic mass is 16.5. The van der Waals surface area contributed by atoms with Crippen molar-refractivity contribution in [2.75, 3.05) is 11.9 Å². The van der Waals surface area contributed by atoms with Gasteiger partial charge in [0.2, 0.25) is 5.88 Å². The third kappa shape index (κ3) is 2.84. The molecule has 0 fully saturated rings. The summed E-state index contributed by atoms with van der Waals surface area (Å²) < 4.78 is 6.98. The molecule has 106 valence electrons. The van der Waals surface area contributed by atoms with E-state index in [2.05, 4.69) is 15.4 Å². The van der Waals surface area contributed by atoms with Gasteiger partial charge in [0.1, 0.15) is 0 Å². The molecule has 0 atom stereocenters. The van der Waals surface area contributed by atoms with E-state index in [-0.39, 0.29) is 5.91 Å². The first kappa shape index (κ1) is 13.1. The molecule has 6 heteroatoms. The average Bonchev–Trinajstić information content (AvgIpc) is 2.96. The minimum atomic E-state index is -0.214. The molecule has 21 heavy (non-hydrogen) atoms. The van der Waals surface area contributed by atoms with Crippen molar-refractivity contribution in [2.45, 2.75) is 6.92 Å². The summed E-state index contributed by atoms with van der Waals surface area (Å²) in [5.41, 5.74) is 2.10. The maximum Gasteiger partial charge on any atom is 0.257 e. The molecule has 0 saturated carbocycles. The zero-order valence-corrected chi connectivity index (χ0v) is 11.5. The number of aromatic nitrogens is 3. The Morgan fingerprint density at radius 3 is 3.00 bits per heavy atom. The van der Waals surface area contributed by atoms with Crippen molar-refractivity contribution in [1.29, 1.82) is 0 Å². The monoisotopic (exact) mass is 282 g/mol. The topological polar surface area (TPSA) is 68.5 Å². The van der Waals surface area contributed by atoms with Gasteiger partial charge >= 0.3 is 0 Å². The summed E-state index contributed by atoms with van der Waals surface area (Å²) in [5.74, 6) is 0.296. The van der Waals surface area contributed by atoms with Crippen LogP contribution in [0.1, 0.15) is 17.3 Å². The fourth-order valence-electron chi connectivity index (χ4n) is 1.95. The molecule has 0 aromatic carbocycles. The van der Waals surface area contributed by atoms with E-state index in [1.54, 1.807) is 35.1 Å². The van der Waals surface area contributed by atoms with Crippen LogP contribution in [0.4, 0.5) is 5.69 Å². The molecule has 1 N–H and O–H groups in total. The fraction of sp³-hybridized carbons (Fsp3) is 0.133. The van der Waals surface area contributed by atoms with E-state index >= 15 is 0 Å². The van der Waals surface area contributed by atoms with E-state index < -0.39 is 0 Å². The highest BCUT2D eigenvalue weighted by Gasteiger charge is 2.07. The van der Waals surface area contributed by atoms with Crippen LogP contribution in [-0.4, -0.2) is 27.1 Å². The standard InChI is InChI=1S/C15H14N4O2/c1-2-21-14-4-3-11(10-16-14)15(20)18-12-6-8-19-13(9-12)5-7-17-19/h3-10H,2H2,1H3,(H,18,20). The van der Waals surface area contributed by atoms with Gasteiger partial charge in [-0.1, -0.05) is 0 Å². The first-order chi connectivity index (χ1) is 10.3. The zero-order valence-electron chi connectivity index (χ0n) is 11.5. The molecule has 0 radical (unpaired) electrons. The summed E-state index contributed by atoms with van der Waals surface area (Å²) in [5, 5.41) is 6.94. The van der Waals surface area contributed by atoms with Crippen LogP contribution in [0.3, 0.4) is 0 Å². The Kier molecular flexibility index (Phi) is 3.51. The predicted molar refractivity (Wildman–Crippen MR) is 78.6 cm³/mol. The van der Waals surface area contributed by atoms with Crippen molar-refractivity contribution < 1.29 is 9.53 Å². The summed E-state index contributed by atoms with van der Waals surface area (Å²) in [6, 6.07) is 8.88. The number of amides is 1. The third-order valence-corrected chi connectivity index (χ3v) is 2.95. The quantitative estimate of drug-likeness (QED) is 0.797. The molecule has 0 bridgehead atoms. The molecular weight excluding hydrogens is 268 g/mol. The number of fused-ring (bicyclic) bond motifs is 1. The second kappa shape index (κ2) is 5.62. The Bertz CT molecular complexity index is 765. The number of carbonyl (C=O) groups excluding carboxylic acids is 1. The number of rotatable bonds is 4. The van der Waals surface area contributed by atoms with Crippen LogP contribution in [-0.2, 0) is 0 Å². The van der Waals surface area contributed by atoms with Gasteiger partial charge in [-0.2, -0.15) is 5.10 Å². The van der Waals surface area contributed by atoms with Gasteiger partial charge in [-0.3, -0.25) is 4.79 Å². The molecule has 3 aromatic rings. The molecule has 0 unspecified atom stereocenters. The number of hydrogen-bond acceptors (Lipinski definition) is 4. The second-order valence-corrected chi connectivity index (χ2v) is 4.39. The Balaban J connectivity index is 1.75. The molecule has 0 aliphatic carbocycles. The summed E-state index contributed by atoms with van der Waals surface area (Å²) in [6.45, 7) is 2.43. The van der Waals surface area contributed by atoms with Crippen LogP contribution in [0.15, 0.2) is 48.9 Å². The van der Waals surface area contributed by atoms with Gasteiger partial charge in [0.15, 0.2) is 0 Å². The van der Waals surface area contributed by atoms with Gasteiger partial charge in [0, 0.05) is 30.3 Å². The van der Waals surface area contributed by atoms with E-state index in [1.807, 2.05) is 19.1 Å². The molecule has 0 saturated heterocycles. The van der Waals surface area contributed by atoms with Gasteiger partial charge in [-0.25, -0.2) is 9.50 Å². The van der Waals surface area contributed by atoms with Gasteiger partial charge < -0.3 is 10.1 Å². The van der Waals surface area contributed by atoms with E-state index in [9.17, 15) is 4.79 Å². The van der Waals surface area contributed by atoms with Crippen molar-refractivity contribution >= 4 is 17.1 Å². The highest BCUT2D eigenvalue weighted by Crippen LogP contribution is 2.14. The van der Waals surface area contributed by atoms with Crippen LogP contribution in [0, 0.1) is 0 Å². The van der Waals surface area contributed by atoms with Gasteiger partial charge in [-0.05, 0) is 31.2 Å². The number of pyridine rings is 2. The first-order valence-corrected chi connectivity index (χ1v) is 6.60. The van der Waals surface area contributed by atoms with E-state index in [0.717, 1.165) is 5.52 Å². The van der Waals surface area contributed by atoms with Crippen molar-refractivity contribution in [1.82, 2.24) is 14.6 Å². The summed E-state index contributed by atoms with van der Waals surface area (Å²) in [4.78, 5) is 16.2. The third-order valence-electron chi connectivity index (χ3n) is 2.95. The molecular formula is C15H14N4O2. The minimum Gasteiger partial charge on any atom is -0.478 e. The SMILES string of the molecule is CCOc1ccc(C(=O)Nc2ccn3nccc3c2)cn1. The molecule has 3 aromatic heterocycles. The Morgan fingerprint density at radius 2 is 2.24 bits per heavy atom. The number of carbonyl (C=O) groups is 1. The van der Waals surface area contributed by atoms with Crippen molar-refractivity contribution in [2.24, 2.45) is 0 Å². The van der Waals surface area contributed by atoms with E-state index in [1.165, 1.54) is 6.20 Å². The largest absolute Gasteiger partial charge is 0.478 e. The highest BCUT2D eigenvalue weighted by molar-refractivity contribution is 6.04. The average molecular weight is 282 g/mol. The molecule has 1 amide bonds. The van der Waals surface area contributed by atoms with Crippen LogP contribution < -0.4 is 10.1 Å². The van der Waals surface area contributed by atoms with E-state index in [0.29, 0.717) is 23.7 Å². The molecule has 3 heterocycles. The van der Waals surface area contributed by atoms with Gasteiger partial charge in [0.25, 0.3) is 5.91 Å². The lowest BCUT2D eigenvalue weighted by atomic mass is 10.2. The molecule has 0 spiro atoms. The smallest absolute Gasteiger partial charge is 0.257 e. The zero-order chi connectivity index (χ0) is 14.7. The van der Waals surface area contributed by atoms with Crippen molar-refractivity contribution in [3.05, 3.63) is 54.5 Å². The minimum absolute atomic E-state index is 0.214. The Labute approximate surface area is 121 Å². The molecule has 6 nitrogen and oxygen atoms in total. The van der Waals surface area contributed by atoms with Crippen LogP contribution >= 0.6 is 0 Å². The summed E-state index contributed by atoms with van der Waals surface area (Å²) >= 11 is 0. The lowest BCUT2D eigenvalue weighted by Crippen LogP contribution is -2.12. The van der Waals surface area contributed by atoms with Gasteiger partial charge in [-0.15, -0.1) is 0 Å². The first-order valence-electron chi connectivity index (χ1n) is 6.60. The molecule has 0 aliphatic heterocycles. The van der Waals surface area contributed by atoms with Crippen molar-refractivity contribution in [3.63, 3.8) is 0 Å². The number of nitrogens with zero attached hydrogens (tertiary/aromatic N) is 3. The Hall–Kier alpha value is -2.89. The molecule has 3 rings (SSSR count). The van der Waals surface area contributed by atoms with E-state index in [4.69, 9.17) is 4.74 Å². The Morgan fingerprint density at radius 1 is 1.33 bits per heavy atom. The van der Waals surface area contributed by atoms with Crippen LogP contribution in [0.5, 0.6) is 5.88 Å². The second-order valence-electron chi connectivity index (χ2n) is 4.39. The number of anilines is 1. The summed E-state index contributed by atoms with van der Waals surface area (Å²) in [6.07, 6.45) is 5.00. The number of ether oxygens (including phenoxy) is 1. The maximum absolute atomic E-state index is 12.1. The van der Waals surface area contributed by atoms with Crippen LogP contribution in [0.2, 0.25) is 0 Å². The molecule has 0 aliphatic rings. The number of hydrogen-bond donors (Lipinski definition) is 1. The lowest BCUT2D eigenvalue weighted by molar-refractivity contribution is 0.102. The normalized spacial score (nSPS) is 10.5. The maximum atomic E-state index is 12.1. The van der Waals surface area contributed by atoms with Gasteiger partial charge in [0.05, 0.1) is 17.7 Å². The number of nitrogens with one attached hydrogen (secondary N) is 1. The fourth-order valence-corrected chi connectivity index (χ4v) is 1.95. The predicted octanol–water partition coefficient (Wildman–Crippen LogP) is 2.38. The lowest BCUT2D eigenvalue weighted by Gasteiger charge is -2.06. The van der Waals surface area contributed by atoms with Crippen LogP contribution in [0.25, 0.3) is 5.52 Å². The summed E-state index contributed by atoms with van der Waals surface area (Å²) in [7, 11) is 0. The van der Waals surface area contributed by atoms with Crippen molar-refractivity contribution in [3.8, 4) is 5.88 Å².